The van der Waals surface area contributed by atoms with Crippen LogP contribution in [0, 0.1) is 56.7 Å². The average Bonchev–Trinajstić information content (AvgIpc) is 2.91. The monoisotopic (exact) mass is 615 g/mol. The van der Waals surface area contributed by atoms with Crippen LogP contribution in [-0.2, 0) is 28.6 Å². The number of esters is 1. The van der Waals surface area contributed by atoms with Crippen LogP contribution in [0.15, 0.2) is 11.6 Å². The molecule has 248 valence electrons. The van der Waals surface area contributed by atoms with Gasteiger partial charge in [-0.05, 0) is 86.8 Å². The number of carbonyl (C=O) groups excluding carboxylic acids is 2. The fourth-order valence-corrected chi connectivity index (χ4v) is 11.3. The van der Waals surface area contributed by atoms with E-state index in [1.54, 1.807) is 0 Å². The Morgan fingerprint density at radius 3 is 2.36 bits per heavy atom. The topological polar surface area (TPSA) is 102 Å². The molecule has 0 spiro atoms. The summed E-state index contributed by atoms with van der Waals surface area (Å²) in [5.41, 5.74) is -1.81. The molecule has 8 heteroatoms. The SMILES string of the molecule is CC(=O)O[C@@H]1C[C@@]23COC[C@](C)([C@@H]2CC[C@H]2C3=CC(=O)[C@@]3(C)[C@H](C(=O)O)[C@@](C)([C@H](C)C(C)C)CC[C@]23C)[C@H]1OCCN(C)C. The predicted octanol–water partition coefficient (Wildman–Crippen LogP) is 5.63. The Balaban J connectivity index is 1.62. The number of ketones is 1. The molecule has 0 radical (unpaired) electrons. The minimum atomic E-state index is -1.03. The van der Waals surface area contributed by atoms with Crippen LogP contribution in [0.25, 0.3) is 0 Å². The van der Waals surface area contributed by atoms with Gasteiger partial charge < -0.3 is 24.2 Å². The summed E-state index contributed by atoms with van der Waals surface area (Å²) in [7, 11) is 4.03. The summed E-state index contributed by atoms with van der Waals surface area (Å²) >= 11 is 0. The second-order valence-electron chi connectivity index (χ2n) is 16.7. The zero-order valence-electron chi connectivity index (χ0n) is 28.8. The lowest BCUT2D eigenvalue weighted by molar-refractivity contribution is -0.265. The van der Waals surface area contributed by atoms with Crippen LogP contribution in [-0.4, -0.2) is 80.4 Å². The molecule has 5 aliphatic rings. The zero-order chi connectivity index (χ0) is 32.6. The minimum Gasteiger partial charge on any atom is -0.481 e. The van der Waals surface area contributed by atoms with Crippen LogP contribution in [0.1, 0.15) is 87.5 Å². The van der Waals surface area contributed by atoms with Gasteiger partial charge in [-0.15, -0.1) is 0 Å². The molecule has 2 bridgehead atoms. The number of fused-ring (bicyclic) bond motifs is 3. The van der Waals surface area contributed by atoms with Gasteiger partial charge in [0.05, 0.1) is 25.7 Å². The van der Waals surface area contributed by atoms with E-state index < -0.39 is 45.1 Å². The lowest BCUT2D eigenvalue weighted by Gasteiger charge is -2.70. The second kappa shape index (κ2) is 11.2. The van der Waals surface area contributed by atoms with E-state index in [2.05, 4.69) is 46.4 Å². The summed E-state index contributed by atoms with van der Waals surface area (Å²) in [5.74, 6) is -1.32. The summed E-state index contributed by atoms with van der Waals surface area (Å²) in [5, 5.41) is 10.9. The maximum atomic E-state index is 14.8. The van der Waals surface area contributed by atoms with Crippen LogP contribution in [0.4, 0.5) is 0 Å². The summed E-state index contributed by atoms with van der Waals surface area (Å²) in [6.45, 7) is 18.7. The number of carboxylic acid groups (broad SMARTS) is 1. The van der Waals surface area contributed by atoms with Gasteiger partial charge in [0.1, 0.15) is 12.2 Å². The number of nitrogens with zero attached hydrogens (tertiary/aromatic N) is 1. The van der Waals surface area contributed by atoms with Crippen molar-refractivity contribution in [3.63, 3.8) is 0 Å². The Bertz CT molecular complexity index is 1210. The molecule has 3 saturated carbocycles. The molecule has 8 nitrogen and oxygen atoms in total. The molecule has 1 heterocycles. The zero-order valence-corrected chi connectivity index (χ0v) is 28.8. The Kier molecular flexibility index (Phi) is 8.54. The van der Waals surface area contributed by atoms with Crippen molar-refractivity contribution in [1.82, 2.24) is 4.90 Å². The molecule has 1 aliphatic heterocycles. The third kappa shape index (κ3) is 4.58. The van der Waals surface area contributed by atoms with E-state index in [4.69, 9.17) is 14.2 Å². The fraction of sp³-hybridized carbons (Fsp3) is 0.861. The normalized spacial score (nSPS) is 45.6. The lowest BCUT2D eigenvalue weighted by atomic mass is 9.34. The highest BCUT2D eigenvalue weighted by Crippen LogP contribution is 2.74. The van der Waals surface area contributed by atoms with Crippen molar-refractivity contribution in [3.8, 4) is 0 Å². The number of hydrogen-bond donors (Lipinski definition) is 1. The maximum absolute atomic E-state index is 14.8. The number of ether oxygens (including phenoxy) is 3. The van der Waals surface area contributed by atoms with Crippen molar-refractivity contribution in [3.05, 3.63) is 11.6 Å². The molecular weight excluding hydrogens is 558 g/mol. The summed E-state index contributed by atoms with van der Waals surface area (Å²) in [6, 6.07) is 0. The second-order valence-corrected chi connectivity index (χ2v) is 16.7. The molecule has 4 aliphatic carbocycles. The Morgan fingerprint density at radius 2 is 1.77 bits per heavy atom. The summed E-state index contributed by atoms with van der Waals surface area (Å²) < 4.78 is 19.1. The number of aliphatic carboxylic acids is 1. The van der Waals surface area contributed by atoms with Gasteiger partial charge in [0, 0.05) is 29.7 Å². The highest BCUT2D eigenvalue weighted by Gasteiger charge is 2.74. The Labute approximate surface area is 264 Å². The van der Waals surface area contributed by atoms with Crippen molar-refractivity contribution in [2.45, 2.75) is 99.7 Å². The molecule has 1 saturated heterocycles. The first kappa shape index (κ1) is 33.6. The van der Waals surface area contributed by atoms with Crippen LogP contribution >= 0.6 is 0 Å². The van der Waals surface area contributed by atoms with Crippen LogP contribution < -0.4 is 0 Å². The lowest BCUT2D eigenvalue weighted by Crippen LogP contribution is -2.71. The Morgan fingerprint density at radius 1 is 1.09 bits per heavy atom. The van der Waals surface area contributed by atoms with Gasteiger partial charge in [-0.1, -0.05) is 54.0 Å². The van der Waals surface area contributed by atoms with Gasteiger partial charge in [0.25, 0.3) is 0 Å². The van der Waals surface area contributed by atoms with Gasteiger partial charge >= 0.3 is 11.9 Å². The number of carbonyl (C=O) groups is 3. The molecule has 0 aromatic carbocycles. The van der Waals surface area contributed by atoms with E-state index >= 15 is 0 Å². The molecule has 0 amide bonds. The maximum Gasteiger partial charge on any atom is 0.308 e. The quantitative estimate of drug-likeness (QED) is 0.351. The van der Waals surface area contributed by atoms with Crippen molar-refractivity contribution < 1.29 is 33.7 Å². The minimum absolute atomic E-state index is 0.0531. The van der Waals surface area contributed by atoms with Crippen molar-refractivity contribution in [2.75, 3.05) is 40.5 Å². The van der Waals surface area contributed by atoms with E-state index in [1.165, 1.54) is 6.92 Å². The first-order chi connectivity index (χ1) is 20.4. The van der Waals surface area contributed by atoms with E-state index in [-0.39, 0.29) is 35.6 Å². The summed E-state index contributed by atoms with van der Waals surface area (Å²) in [4.78, 5) is 42.6. The van der Waals surface area contributed by atoms with Crippen molar-refractivity contribution >= 4 is 17.7 Å². The average molecular weight is 616 g/mol. The van der Waals surface area contributed by atoms with Gasteiger partial charge in [-0.3, -0.25) is 14.4 Å². The fourth-order valence-electron chi connectivity index (χ4n) is 11.3. The predicted molar refractivity (Wildman–Crippen MR) is 168 cm³/mol. The highest BCUT2D eigenvalue weighted by molar-refractivity contribution is 6.00. The smallest absolute Gasteiger partial charge is 0.308 e. The molecule has 0 aromatic heterocycles. The van der Waals surface area contributed by atoms with E-state index in [0.29, 0.717) is 32.2 Å². The summed E-state index contributed by atoms with van der Waals surface area (Å²) in [6.07, 6.45) is 5.06. The van der Waals surface area contributed by atoms with E-state index in [9.17, 15) is 19.5 Å². The highest BCUT2D eigenvalue weighted by atomic mass is 16.6. The number of allylic oxidation sites excluding steroid dienone is 1. The Hall–Kier alpha value is -1.77. The molecule has 11 atom stereocenters. The number of likely N-dealkylation sites (N-methyl/N-ethyl adjacent to an activating group) is 1. The van der Waals surface area contributed by atoms with E-state index in [1.807, 2.05) is 27.1 Å². The third-order valence-electron chi connectivity index (χ3n) is 14.1. The van der Waals surface area contributed by atoms with Crippen LogP contribution in [0.5, 0.6) is 0 Å². The first-order valence-corrected chi connectivity index (χ1v) is 16.9. The van der Waals surface area contributed by atoms with Crippen LogP contribution in [0.3, 0.4) is 0 Å². The van der Waals surface area contributed by atoms with Gasteiger partial charge in [0.2, 0.25) is 0 Å². The third-order valence-corrected chi connectivity index (χ3v) is 14.1. The van der Waals surface area contributed by atoms with Gasteiger partial charge in [0.15, 0.2) is 5.78 Å². The van der Waals surface area contributed by atoms with E-state index in [0.717, 1.165) is 37.8 Å². The largest absolute Gasteiger partial charge is 0.481 e. The van der Waals surface area contributed by atoms with Crippen LogP contribution in [0.2, 0.25) is 0 Å². The molecule has 0 aromatic rings. The molecular formula is C36H57NO7. The number of rotatable bonds is 8. The van der Waals surface area contributed by atoms with Crippen molar-refractivity contribution in [1.29, 1.82) is 0 Å². The number of carboxylic acids is 1. The molecule has 5 rings (SSSR count). The molecule has 44 heavy (non-hydrogen) atoms. The van der Waals surface area contributed by atoms with Crippen molar-refractivity contribution in [2.24, 2.45) is 56.7 Å². The standard InChI is InChI=1S/C36H57NO7/c1-21(2)22(3)32(5)13-14-34(7)24-11-12-27-33(6)19-42-20-36(27,25(24)17-28(39)35(34,8)29(32)31(40)41)18-26(44-23(4)38)30(33)43-16-15-37(9)10/h17,21-22,24,26-27,29-30H,11-16,18-20H2,1-10H3,(H,40,41)/t22-,24+,26-,27+,29-,30+,32-,33-,34-,35+,36+/m1/s1. The molecule has 1 N–H and O–H groups in total. The first-order valence-electron chi connectivity index (χ1n) is 16.9. The molecule has 0 unspecified atom stereocenters. The van der Waals surface area contributed by atoms with Gasteiger partial charge in [-0.2, -0.15) is 0 Å². The van der Waals surface area contributed by atoms with Gasteiger partial charge in [-0.25, -0.2) is 0 Å². The number of hydrogen-bond acceptors (Lipinski definition) is 7. The molecule has 4 fully saturated rings.